The fourth-order valence-electron chi connectivity index (χ4n) is 1.11. The van der Waals surface area contributed by atoms with Crippen LogP contribution in [0.25, 0.3) is 0 Å². The molecule has 0 amide bonds. The molecule has 78 valence electrons. The van der Waals surface area contributed by atoms with E-state index in [4.69, 9.17) is 4.74 Å². The third kappa shape index (κ3) is 1.80. The maximum Gasteiger partial charge on any atom is 0.175 e. The second-order valence-electron chi connectivity index (χ2n) is 2.72. The lowest BCUT2D eigenvalue weighted by Gasteiger charge is -2.13. The van der Waals surface area contributed by atoms with E-state index in [9.17, 15) is 18.1 Å². The summed E-state index contributed by atoms with van der Waals surface area (Å²) < 4.78 is 36.7. The smallest absolute Gasteiger partial charge is 0.175 e. The molecule has 1 N–H and O–H groups in total. The molecule has 0 radical (unpaired) electrons. The fraction of sp³-hybridized carbons (Fsp3) is 0.250. The number of rotatable bonds is 2. The molecule has 0 bridgehead atoms. The molecule has 14 heavy (non-hydrogen) atoms. The van der Waals surface area contributed by atoms with E-state index in [1.54, 1.807) is 6.92 Å². The van der Waals surface area contributed by atoms with Crippen LogP contribution in [0, 0.1) is 6.92 Å². The van der Waals surface area contributed by atoms with E-state index in [2.05, 4.69) is 0 Å². The SMILES string of the molecule is COc1c(C)ccc(S(=O)(=O)[O-])c1O. The largest absolute Gasteiger partial charge is 0.744 e. The van der Waals surface area contributed by atoms with Crippen molar-refractivity contribution in [3.8, 4) is 11.5 Å². The van der Waals surface area contributed by atoms with Gasteiger partial charge in [-0.05, 0) is 18.6 Å². The number of methoxy groups -OCH3 is 1. The molecule has 0 saturated carbocycles. The predicted molar refractivity (Wildman–Crippen MR) is 47.4 cm³/mol. The molecule has 1 aromatic rings. The van der Waals surface area contributed by atoms with Crippen molar-refractivity contribution in [2.45, 2.75) is 11.8 Å². The van der Waals surface area contributed by atoms with Gasteiger partial charge in [0.15, 0.2) is 11.5 Å². The quantitative estimate of drug-likeness (QED) is 0.733. The van der Waals surface area contributed by atoms with Crippen LogP contribution in [0.5, 0.6) is 11.5 Å². The Labute approximate surface area is 81.7 Å². The molecule has 1 rings (SSSR count). The Balaban J connectivity index is 3.52. The molecule has 0 heterocycles. The minimum absolute atomic E-state index is 0.00178. The van der Waals surface area contributed by atoms with E-state index in [-0.39, 0.29) is 5.75 Å². The minimum Gasteiger partial charge on any atom is -0.744 e. The van der Waals surface area contributed by atoms with E-state index < -0.39 is 20.8 Å². The normalized spacial score (nSPS) is 11.4. The first-order valence-electron chi connectivity index (χ1n) is 3.70. The second kappa shape index (κ2) is 3.47. The van der Waals surface area contributed by atoms with Crippen molar-refractivity contribution < 1.29 is 22.8 Å². The van der Waals surface area contributed by atoms with Gasteiger partial charge in [0.05, 0.1) is 12.0 Å². The van der Waals surface area contributed by atoms with Crippen molar-refractivity contribution in [2.75, 3.05) is 7.11 Å². The van der Waals surface area contributed by atoms with Crippen LogP contribution in [0.4, 0.5) is 0 Å². The number of phenolic OH excluding ortho intramolecular Hbond substituents is 1. The number of aryl methyl sites for hydroxylation is 1. The maximum atomic E-state index is 10.7. The second-order valence-corrected chi connectivity index (χ2v) is 4.06. The zero-order valence-electron chi connectivity index (χ0n) is 7.64. The van der Waals surface area contributed by atoms with Gasteiger partial charge in [0.2, 0.25) is 0 Å². The Hall–Kier alpha value is -1.27. The number of ether oxygens (including phenoxy) is 1. The first kappa shape index (κ1) is 10.8. The number of aromatic hydroxyl groups is 1. The lowest BCUT2D eigenvalue weighted by atomic mass is 10.2. The highest BCUT2D eigenvalue weighted by Crippen LogP contribution is 2.35. The van der Waals surface area contributed by atoms with Crippen molar-refractivity contribution in [3.05, 3.63) is 17.7 Å². The first-order valence-corrected chi connectivity index (χ1v) is 5.11. The van der Waals surface area contributed by atoms with E-state index >= 15 is 0 Å². The van der Waals surface area contributed by atoms with Gasteiger partial charge in [-0.25, -0.2) is 8.42 Å². The highest BCUT2D eigenvalue weighted by molar-refractivity contribution is 7.85. The molecule has 0 saturated heterocycles. The molecule has 1 aromatic carbocycles. The third-order valence-corrected chi connectivity index (χ3v) is 2.63. The topological polar surface area (TPSA) is 86.7 Å². The zero-order valence-corrected chi connectivity index (χ0v) is 8.46. The standard InChI is InChI=1S/C8H10O5S/c1-5-3-4-6(14(10,11)12)7(9)8(5)13-2/h3-4,9H,1-2H3,(H,10,11,12)/p-1. The lowest BCUT2D eigenvalue weighted by molar-refractivity contribution is 0.361. The van der Waals surface area contributed by atoms with Crippen LogP contribution in [0.2, 0.25) is 0 Å². The van der Waals surface area contributed by atoms with Gasteiger partial charge in [-0.1, -0.05) is 6.07 Å². The van der Waals surface area contributed by atoms with Gasteiger partial charge in [0, 0.05) is 0 Å². The van der Waals surface area contributed by atoms with Gasteiger partial charge in [0.1, 0.15) is 10.1 Å². The Morgan fingerprint density at radius 1 is 1.43 bits per heavy atom. The molecule has 0 aromatic heterocycles. The molecule has 0 aliphatic heterocycles. The average molecular weight is 217 g/mol. The Bertz CT molecular complexity index is 449. The van der Waals surface area contributed by atoms with Gasteiger partial charge in [-0.3, -0.25) is 0 Å². The molecule has 0 aliphatic rings. The molecule has 0 spiro atoms. The highest BCUT2D eigenvalue weighted by atomic mass is 32.2. The molecule has 0 unspecified atom stereocenters. The van der Waals surface area contributed by atoms with Gasteiger partial charge in [-0.15, -0.1) is 0 Å². The summed E-state index contributed by atoms with van der Waals surface area (Å²) in [5, 5.41) is 9.40. The molecular formula is C8H9O5S-. The summed E-state index contributed by atoms with van der Waals surface area (Å²) in [5.74, 6) is -0.635. The fourth-order valence-corrected chi connectivity index (χ4v) is 1.68. The third-order valence-electron chi connectivity index (χ3n) is 1.76. The monoisotopic (exact) mass is 217 g/mol. The van der Waals surface area contributed by atoms with Crippen LogP contribution in [-0.2, 0) is 10.1 Å². The molecule has 6 heteroatoms. The molecule has 0 aliphatic carbocycles. The number of benzene rings is 1. The van der Waals surface area contributed by atoms with Crippen molar-refractivity contribution in [2.24, 2.45) is 0 Å². The summed E-state index contributed by atoms with van der Waals surface area (Å²) in [7, 11) is -3.38. The number of hydrogen-bond acceptors (Lipinski definition) is 5. The number of phenols is 1. The Kier molecular flexibility index (Phi) is 2.68. The Morgan fingerprint density at radius 3 is 2.43 bits per heavy atom. The molecular weight excluding hydrogens is 208 g/mol. The van der Waals surface area contributed by atoms with Crippen LogP contribution < -0.4 is 4.74 Å². The van der Waals surface area contributed by atoms with Gasteiger partial charge in [-0.2, -0.15) is 0 Å². The van der Waals surface area contributed by atoms with Crippen molar-refractivity contribution >= 4 is 10.1 Å². The zero-order chi connectivity index (χ0) is 10.9. The molecule has 0 atom stereocenters. The molecule has 0 fully saturated rings. The first-order chi connectivity index (χ1) is 6.38. The van der Waals surface area contributed by atoms with E-state index in [1.807, 2.05) is 0 Å². The van der Waals surface area contributed by atoms with Crippen LogP contribution in [0.3, 0.4) is 0 Å². The summed E-state index contributed by atoms with van der Waals surface area (Å²) in [4.78, 5) is -0.667. The Morgan fingerprint density at radius 2 is 2.00 bits per heavy atom. The van der Waals surface area contributed by atoms with Gasteiger partial charge >= 0.3 is 0 Å². The average Bonchev–Trinajstić information content (AvgIpc) is 2.02. The lowest BCUT2D eigenvalue weighted by Crippen LogP contribution is -2.00. The highest BCUT2D eigenvalue weighted by Gasteiger charge is 2.14. The predicted octanol–water partition coefficient (Wildman–Crippen LogP) is 0.613. The van der Waals surface area contributed by atoms with Gasteiger partial charge in [0.25, 0.3) is 0 Å². The summed E-state index contributed by atoms with van der Waals surface area (Å²) in [6.45, 7) is 1.62. The van der Waals surface area contributed by atoms with Crippen LogP contribution in [0.15, 0.2) is 17.0 Å². The van der Waals surface area contributed by atoms with Crippen molar-refractivity contribution in [3.63, 3.8) is 0 Å². The van der Waals surface area contributed by atoms with E-state index in [0.29, 0.717) is 5.56 Å². The van der Waals surface area contributed by atoms with E-state index in [0.717, 1.165) is 6.07 Å². The van der Waals surface area contributed by atoms with E-state index in [1.165, 1.54) is 13.2 Å². The van der Waals surface area contributed by atoms with Crippen LogP contribution in [0.1, 0.15) is 5.56 Å². The van der Waals surface area contributed by atoms with Crippen LogP contribution >= 0.6 is 0 Å². The summed E-state index contributed by atoms with van der Waals surface area (Å²) in [6, 6.07) is 2.44. The minimum atomic E-state index is -4.66. The molecule has 5 nitrogen and oxygen atoms in total. The maximum absolute atomic E-state index is 10.7. The summed E-state index contributed by atoms with van der Waals surface area (Å²) >= 11 is 0. The van der Waals surface area contributed by atoms with Gasteiger partial charge < -0.3 is 14.4 Å². The summed E-state index contributed by atoms with van der Waals surface area (Å²) in [5.41, 5.74) is 0.553. The summed E-state index contributed by atoms with van der Waals surface area (Å²) in [6.07, 6.45) is 0. The van der Waals surface area contributed by atoms with Crippen molar-refractivity contribution in [1.82, 2.24) is 0 Å². The number of hydrogen-bond donors (Lipinski definition) is 1. The van der Waals surface area contributed by atoms with Crippen molar-refractivity contribution in [1.29, 1.82) is 0 Å². The van der Waals surface area contributed by atoms with Crippen LogP contribution in [-0.4, -0.2) is 25.2 Å².